The summed E-state index contributed by atoms with van der Waals surface area (Å²) >= 11 is 0. The molecule has 45 heavy (non-hydrogen) atoms. The van der Waals surface area contributed by atoms with Crippen molar-refractivity contribution in [2.75, 3.05) is 0 Å². The van der Waals surface area contributed by atoms with Gasteiger partial charge in [0.2, 0.25) is 0 Å². The smallest absolute Gasteiger partial charge is 0.0565 e. The van der Waals surface area contributed by atoms with E-state index in [0.717, 1.165) is 6.42 Å². The molecule has 0 aliphatic heterocycles. The summed E-state index contributed by atoms with van der Waals surface area (Å²) < 4.78 is 0. The molecule has 2 unspecified atom stereocenters. The molecule has 0 aromatic carbocycles. The average molecular weight is 635 g/mol. The van der Waals surface area contributed by atoms with Crippen LogP contribution in [0.4, 0.5) is 0 Å². The second-order valence-corrected chi connectivity index (χ2v) is 15.5. The third-order valence-corrected chi connectivity index (χ3v) is 10.8. The monoisotopic (exact) mass is 635 g/mol. The predicted octanol–water partition coefficient (Wildman–Crippen LogP) is 16.2. The molecule has 2 atom stereocenters. The first-order valence-electron chi connectivity index (χ1n) is 21.9. The molecule has 0 rings (SSSR count). The highest BCUT2D eigenvalue weighted by Gasteiger charge is 2.13. The van der Waals surface area contributed by atoms with Crippen molar-refractivity contribution in [3.05, 3.63) is 0 Å². The van der Waals surface area contributed by atoms with E-state index in [0.29, 0.717) is 5.92 Å². The lowest BCUT2D eigenvalue weighted by atomic mass is 9.93. The number of aliphatic hydroxyl groups excluding tert-OH is 1. The number of hydrogen-bond donors (Lipinski definition) is 1. The highest BCUT2D eigenvalue weighted by molar-refractivity contribution is 4.65. The Morgan fingerprint density at radius 1 is 0.267 bits per heavy atom. The van der Waals surface area contributed by atoms with E-state index in [-0.39, 0.29) is 6.10 Å². The lowest BCUT2D eigenvalue weighted by Gasteiger charge is -2.18. The van der Waals surface area contributed by atoms with E-state index in [1.807, 2.05) is 0 Å². The van der Waals surface area contributed by atoms with Crippen LogP contribution in [0.15, 0.2) is 0 Å². The Bertz CT molecular complexity index is 501. The van der Waals surface area contributed by atoms with Gasteiger partial charge in [-0.05, 0) is 18.8 Å². The predicted molar refractivity (Wildman–Crippen MR) is 207 cm³/mol. The summed E-state index contributed by atoms with van der Waals surface area (Å²) in [5, 5.41) is 10.6. The summed E-state index contributed by atoms with van der Waals surface area (Å²) in [5.74, 6) is 0.488. The zero-order valence-electron chi connectivity index (χ0n) is 32.2. The average Bonchev–Trinajstić information content (AvgIpc) is 3.05. The third-order valence-electron chi connectivity index (χ3n) is 10.8. The van der Waals surface area contributed by atoms with Crippen LogP contribution in [-0.2, 0) is 0 Å². The Labute approximate surface area is 287 Å². The van der Waals surface area contributed by atoms with Gasteiger partial charge in [0.15, 0.2) is 0 Å². The topological polar surface area (TPSA) is 20.2 Å². The molecular weight excluding hydrogens is 544 g/mol. The molecule has 272 valence electrons. The molecule has 0 aromatic rings. The molecule has 0 amide bonds. The number of unbranched alkanes of at least 4 members (excludes halogenated alkanes) is 35. The van der Waals surface area contributed by atoms with Gasteiger partial charge in [0, 0.05) is 0 Å². The van der Waals surface area contributed by atoms with E-state index in [1.165, 1.54) is 244 Å². The van der Waals surface area contributed by atoms with Crippen molar-refractivity contribution in [3.8, 4) is 0 Å². The lowest BCUT2D eigenvalue weighted by Crippen LogP contribution is -2.17. The summed E-state index contributed by atoms with van der Waals surface area (Å²) in [7, 11) is 0. The van der Waals surface area contributed by atoms with Crippen LogP contribution in [0.5, 0.6) is 0 Å². The van der Waals surface area contributed by atoms with Crippen LogP contribution in [-0.4, -0.2) is 11.2 Å². The molecule has 0 aliphatic carbocycles. The molecule has 1 N–H and O–H groups in total. The molecule has 0 saturated carbocycles. The van der Waals surface area contributed by atoms with Crippen LogP contribution < -0.4 is 0 Å². The first kappa shape index (κ1) is 45.0. The molecule has 0 fully saturated rings. The van der Waals surface area contributed by atoms with Crippen molar-refractivity contribution in [3.63, 3.8) is 0 Å². The van der Waals surface area contributed by atoms with Crippen LogP contribution in [0.2, 0.25) is 0 Å². The number of aliphatic hydroxyl groups is 1. The van der Waals surface area contributed by atoms with Crippen LogP contribution in [0.25, 0.3) is 0 Å². The number of hydrogen-bond acceptors (Lipinski definition) is 1. The maximum atomic E-state index is 10.6. The van der Waals surface area contributed by atoms with Crippen molar-refractivity contribution in [1.29, 1.82) is 0 Å². The molecule has 0 saturated heterocycles. The van der Waals surface area contributed by atoms with E-state index in [2.05, 4.69) is 20.8 Å². The zero-order chi connectivity index (χ0) is 32.7. The Balaban J connectivity index is 3.25. The molecule has 0 bridgehead atoms. The number of rotatable bonds is 40. The minimum Gasteiger partial charge on any atom is -0.393 e. The first-order chi connectivity index (χ1) is 22.2. The van der Waals surface area contributed by atoms with Crippen molar-refractivity contribution >= 4 is 0 Å². The van der Waals surface area contributed by atoms with Crippen LogP contribution in [0.1, 0.15) is 271 Å². The van der Waals surface area contributed by atoms with Gasteiger partial charge in [-0.2, -0.15) is 0 Å². The van der Waals surface area contributed by atoms with Crippen molar-refractivity contribution in [1.82, 2.24) is 0 Å². The van der Waals surface area contributed by atoms with E-state index in [9.17, 15) is 5.11 Å². The summed E-state index contributed by atoms with van der Waals surface area (Å²) in [5.41, 5.74) is 0. The molecular formula is C44H90O. The van der Waals surface area contributed by atoms with E-state index < -0.39 is 0 Å². The molecule has 0 spiro atoms. The van der Waals surface area contributed by atoms with Crippen LogP contribution in [0.3, 0.4) is 0 Å². The largest absolute Gasteiger partial charge is 0.393 e. The Morgan fingerprint density at radius 2 is 0.444 bits per heavy atom. The van der Waals surface area contributed by atoms with Gasteiger partial charge in [-0.15, -0.1) is 0 Å². The second kappa shape index (κ2) is 40.1. The Morgan fingerprint density at radius 3 is 0.667 bits per heavy atom. The van der Waals surface area contributed by atoms with Crippen LogP contribution >= 0.6 is 0 Å². The fraction of sp³-hybridized carbons (Fsp3) is 1.00. The summed E-state index contributed by atoms with van der Waals surface area (Å²) in [6.07, 6.45) is 55.2. The molecule has 0 aliphatic rings. The molecule has 0 radical (unpaired) electrons. The van der Waals surface area contributed by atoms with Gasteiger partial charge in [0.1, 0.15) is 0 Å². The molecule has 0 heterocycles. The van der Waals surface area contributed by atoms with Gasteiger partial charge in [-0.1, -0.05) is 258 Å². The van der Waals surface area contributed by atoms with Gasteiger partial charge in [0.25, 0.3) is 0 Å². The maximum Gasteiger partial charge on any atom is 0.0565 e. The minimum absolute atomic E-state index is 0.0680. The van der Waals surface area contributed by atoms with Crippen LogP contribution in [0, 0.1) is 5.92 Å². The van der Waals surface area contributed by atoms with Gasteiger partial charge >= 0.3 is 0 Å². The highest BCUT2D eigenvalue weighted by atomic mass is 16.3. The molecule has 0 aromatic heterocycles. The standard InChI is InChI=1S/C44H90O/c1-4-6-8-10-12-14-16-18-20-22-24-26-28-30-32-34-36-38-40-42-44(45)43(3)41-39-37-35-33-31-29-27-25-23-21-19-17-15-13-11-9-7-5-2/h43-45H,4-42H2,1-3H3. The van der Waals surface area contributed by atoms with E-state index in [4.69, 9.17) is 0 Å². The normalized spacial score (nSPS) is 13.1. The molecule has 1 heteroatoms. The van der Waals surface area contributed by atoms with Crippen molar-refractivity contribution < 1.29 is 5.11 Å². The van der Waals surface area contributed by atoms with E-state index in [1.54, 1.807) is 0 Å². The lowest BCUT2D eigenvalue weighted by molar-refractivity contribution is 0.0985. The fourth-order valence-electron chi connectivity index (χ4n) is 7.28. The summed E-state index contributed by atoms with van der Waals surface area (Å²) in [4.78, 5) is 0. The van der Waals surface area contributed by atoms with Gasteiger partial charge in [-0.3, -0.25) is 0 Å². The first-order valence-corrected chi connectivity index (χ1v) is 21.9. The fourth-order valence-corrected chi connectivity index (χ4v) is 7.28. The minimum atomic E-state index is -0.0680. The Hall–Kier alpha value is -0.0400. The van der Waals surface area contributed by atoms with Crippen molar-refractivity contribution in [2.45, 2.75) is 277 Å². The summed E-state index contributed by atoms with van der Waals surface area (Å²) in [6, 6.07) is 0. The summed E-state index contributed by atoms with van der Waals surface area (Å²) in [6.45, 7) is 6.89. The second-order valence-electron chi connectivity index (χ2n) is 15.5. The van der Waals surface area contributed by atoms with Gasteiger partial charge < -0.3 is 5.11 Å². The third kappa shape index (κ3) is 38.3. The van der Waals surface area contributed by atoms with E-state index >= 15 is 0 Å². The van der Waals surface area contributed by atoms with Gasteiger partial charge in [-0.25, -0.2) is 0 Å². The maximum absolute atomic E-state index is 10.6. The molecule has 1 nitrogen and oxygen atoms in total. The van der Waals surface area contributed by atoms with Crippen molar-refractivity contribution in [2.24, 2.45) is 5.92 Å². The zero-order valence-corrected chi connectivity index (χ0v) is 32.2. The Kier molecular flexibility index (Phi) is 40.1. The SMILES string of the molecule is CCCCCCCCCCCCCCCCCCCCCC(O)C(C)CCCCCCCCCCCCCCCCCCCC. The quantitative estimate of drug-likeness (QED) is 0.0665. The van der Waals surface area contributed by atoms with Gasteiger partial charge in [0.05, 0.1) is 6.10 Å². The highest BCUT2D eigenvalue weighted by Crippen LogP contribution is 2.21.